The molecule has 0 saturated carbocycles. The van der Waals surface area contributed by atoms with Crippen LogP contribution in [0, 0.1) is 0 Å². The molecular formula is C11H17N3O2. The summed E-state index contributed by atoms with van der Waals surface area (Å²) >= 11 is 0. The number of methoxy groups -OCH3 is 1. The van der Waals surface area contributed by atoms with Gasteiger partial charge in [0.05, 0.1) is 18.5 Å². The van der Waals surface area contributed by atoms with Gasteiger partial charge in [-0.15, -0.1) is 0 Å². The van der Waals surface area contributed by atoms with Gasteiger partial charge in [0.2, 0.25) is 0 Å². The van der Waals surface area contributed by atoms with Gasteiger partial charge in [-0.05, 0) is 19.1 Å². The number of hydrogen-bond donors (Lipinski definition) is 2. The molecule has 0 bridgehead atoms. The Morgan fingerprint density at radius 3 is 2.88 bits per heavy atom. The van der Waals surface area contributed by atoms with E-state index in [1.54, 1.807) is 19.4 Å². The van der Waals surface area contributed by atoms with E-state index in [4.69, 9.17) is 4.74 Å². The Kier molecular flexibility index (Phi) is 5.28. The van der Waals surface area contributed by atoms with Gasteiger partial charge in [-0.2, -0.15) is 0 Å². The quantitative estimate of drug-likeness (QED) is 0.703. The summed E-state index contributed by atoms with van der Waals surface area (Å²) in [7, 11) is 1.59. The number of carbonyl (C=O) groups excluding carboxylic acids is 1. The largest absolute Gasteiger partial charge is 0.384 e. The van der Waals surface area contributed by atoms with E-state index >= 15 is 0 Å². The number of amides is 1. The molecule has 0 aliphatic carbocycles. The third-order valence-electron chi connectivity index (χ3n) is 1.97. The summed E-state index contributed by atoms with van der Waals surface area (Å²) in [4.78, 5) is 15.6. The lowest BCUT2D eigenvalue weighted by atomic mass is 10.3. The van der Waals surface area contributed by atoms with Crippen molar-refractivity contribution in [1.29, 1.82) is 0 Å². The Labute approximate surface area is 95.2 Å². The fourth-order valence-electron chi connectivity index (χ4n) is 1.19. The van der Waals surface area contributed by atoms with E-state index in [0.717, 1.165) is 12.2 Å². The summed E-state index contributed by atoms with van der Waals surface area (Å²) in [6.07, 6.45) is 1.65. The van der Waals surface area contributed by atoms with Crippen molar-refractivity contribution in [3.8, 4) is 0 Å². The molecule has 1 amide bonds. The van der Waals surface area contributed by atoms with Crippen LogP contribution in [-0.4, -0.2) is 37.7 Å². The fourth-order valence-corrected chi connectivity index (χ4v) is 1.19. The van der Waals surface area contributed by atoms with Gasteiger partial charge in [0, 0.05) is 20.2 Å². The number of rotatable bonds is 6. The number of pyridine rings is 1. The highest BCUT2D eigenvalue weighted by molar-refractivity contribution is 5.92. The summed E-state index contributed by atoms with van der Waals surface area (Å²) in [5.74, 6) is -0.180. The Balaban J connectivity index is 2.49. The molecule has 88 valence electrons. The lowest BCUT2D eigenvalue weighted by Crippen LogP contribution is -2.27. The smallest absolute Gasteiger partial charge is 0.269 e. The minimum atomic E-state index is -0.180. The second-order valence-electron chi connectivity index (χ2n) is 3.21. The maximum absolute atomic E-state index is 11.5. The molecule has 16 heavy (non-hydrogen) atoms. The van der Waals surface area contributed by atoms with Gasteiger partial charge < -0.3 is 15.4 Å². The standard InChI is InChI=1S/C11H17N3O2/c1-3-12-9-4-5-10(14-8-9)11(15)13-6-7-16-2/h4-5,8,12H,3,6-7H2,1-2H3,(H,13,15). The van der Waals surface area contributed by atoms with Crippen LogP contribution in [0.1, 0.15) is 17.4 Å². The normalized spacial score (nSPS) is 9.88. The van der Waals surface area contributed by atoms with E-state index in [-0.39, 0.29) is 5.91 Å². The van der Waals surface area contributed by atoms with Crippen molar-refractivity contribution in [2.45, 2.75) is 6.92 Å². The third-order valence-corrected chi connectivity index (χ3v) is 1.97. The molecule has 1 rings (SSSR count). The Morgan fingerprint density at radius 1 is 1.50 bits per heavy atom. The van der Waals surface area contributed by atoms with Crippen LogP contribution >= 0.6 is 0 Å². The summed E-state index contributed by atoms with van der Waals surface area (Å²) in [5.41, 5.74) is 1.33. The molecule has 0 aromatic carbocycles. The molecule has 0 fully saturated rings. The van der Waals surface area contributed by atoms with Crippen molar-refractivity contribution in [1.82, 2.24) is 10.3 Å². The highest BCUT2D eigenvalue weighted by Crippen LogP contribution is 2.05. The molecule has 0 unspecified atom stereocenters. The van der Waals surface area contributed by atoms with E-state index < -0.39 is 0 Å². The fraction of sp³-hybridized carbons (Fsp3) is 0.455. The highest BCUT2D eigenvalue weighted by Gasteiger charge is 2.05. The van der Waals surface area contributed by atoms with E-state index in [0.29, 0.717) is 18.8 Å². The molecular weight excluding hydrogens is 206 g/mol. The first kappa shape index (κ1) is 12.4. The van der Waals surface area contributed by atoms with Gasteiger partial charge in [0.25, 0.3) is 5.91 Å². The Bertz CT molecular complexity index is 325. The summed E-state index contributed by atoms with van der Waals surface area (Å²) in [6.45, 7) is 3.83. The third kappa shape index (κ3) is 3.86. The van der Waals surface area contributed by atoms with Crippen LogP contribution in [0.3, 0.4) is 0 Å². The zero-order valence-electron chi connectivity index (χ0n) is 9.62. The number of anilines is 1. The molecule has 0 spiro atoms. The van der Waals surface area contributed by atoms with Crippen LogP contribution in [0.5, 0.6) is 0 Å². The van der Waals surface area contributed by atoms with Gasteiger partial charge in [-0.1, -0.05) is 0 Å². The number of nitrogens with one attached hydrogen (secondary N) is 2. The molecule has 1 aromatic rings. The van der Waals surface area contributed by atoms with Gasteiger partial charge in [-0.3, -0.25) is 4.79 Å². The minimum Gasteiger partial charge on any atom is -0.384 e. The zero-order chi connectivity index (χ0) is 11.8. The van der Waals surface area contributed by atoms with Crippen molar-refractivity contribution in [2.75, 3.05) is 32.1 Å². The summed E-state index contributed by atoms with van der Waals surface area (Å²) in [5, 5.41) is 5.82. The Hall–Kier alpha value is -1.62. The molecule has 1 heterocycles. The van der Waals surface area contributed by atoms with Crippen molar-refractivity contribution < 1.29 is 9.53 Å². The zero-order valence-corrected chi connectivity index (χ0v) is 9.62. The monoisotopic (exact) mass is 223 g/mol. The molecule has 0 radical (unpaired) electrons. The number of carbonyl (C=O) groups is 1. The van der Waals surface area contributed by atoms with Crippen LogP contribution in [0.25, 0.3) is 0 Å². The Morgan fingerprint density at radius 2 is 2.31 bits per heavy atom. The van der Waals surface area contributed by atoms with Gasteiger partial charge >= 0.3 is 0 Å². The van der Waals surface area contributed by atoms with Gasteiger partial charge in [0.15, 0.2) is 0 Å². The number of hydrogen-bond acceptors (Lipinski definition) is 4. The van der Waals surface area contributed by atoms with Crippen LogP contribution in [0.15, 0.2) is 18.3 Å². The first-order valence-corrected chi connectivity index (χ1v) is 5.25. The summed E-state index contributed by atoms with van der Waals surface area (Å²) in [6, 6.07) is 3.53. The van der Waals surface area contributed by atoms with Crippen molar-refractivity contribution in [3.63, 3.8) is 0 Å². The van der Waals surface area contributed by atoms with Crippen LogP contribution in [-0.2, 0) is 4.74 Å². The van der Waals surface area contributed by atoms with E-state index in [9.17, 15) is 4.79 Å². The molecule has 1 aromatic heterocycles. The van der Waals surface area contributed by atoms with E-state index in [1.165, 1.54) is 0 Å². The molecule has 0 atom stereocenters. The topological polar surface area (TPSA) is 63.2 Å². The second-order valence-corrected chi connectivity index (χ2v) is 3.21. The molecule has 0 aliphatic heterocycles. The van der Waals surface area contributed by atoms with Gasteiger partial charge in [0.1, 0.15) is 5.69 Å². The predicted octanol–water partition coefficient (Wildman–Crippen LogP) is 0.890. The number of nitrogens with zero attached hydrogens (tertiary/aromatic N) is 1. The van der Waals surface area contributed by atoms with Crippen LogP contribution in [0.4, 0.5) is 5.69 Å². The van der Waals surface area contributed by atoms with Gasteiger partial charge in [-0.25, -0.2) is 4.98 Å². The maximum atomic E-state index is 11.5. The molecule has 0 aliphatic rings. The SMILES string of the molecule is CCNc1ccc(C(=O)NCCOC)nc1. The van der Waals surface area contributed by atoms with Crippen molar-refractivity contribution in [2.24, 2.45) is 0 Å². The lowest BCUT2D eigenvalue weighted by Gasteiger charge is -2.05. The first-order valence-electron chi connectivity index (χ1n) is 5.25. The highest BCUT2D eigenvalue weighted by atomic mass is 16.5. The maximum Gasteiger partial charge on any atom is 0.269 e. The van der Waals surface area contributed by atoms with Crippen molar-refractivity contribution >= 4 is 11.6 Å². The molecule has 0 saturated heterocycles. The molecule has 2 N–H and O–H groups in total. The average molecular weight is 223 g/mol. The second kappa shape index (κ2) is 6.79. The summed E-state index contributed by atoms with van der Waals surface area (Å²) < 4.78 is 4.83. The lowest BCUT2D eigenvalue weighted by molar-refractivity contribution is 0.0932. The predicted molar refractivity (Wildman–Crippen MR) is 62.6 cm³/mol. The van der Waals surface area contributed by atoms with Crippen molar-refractivity contribution in [3.05, 3.63) is 24.0 Å². The van der Waals surface area contributed by atoms with Crippen LogP contribution in [0.2, 0.25) is 0 Å². The van der Waals surface area contributed by atoms with E-state index in [2.05, 4.69) is 15.6 Å². The average Bonchev–Trinajstić information content (AvgIpc) is 2.30. The molecule has 5 heteroatoms. The van der Waals surface area contributed by atoms with Crippen LogP contribution < -0.4 is 10.6 Å². The number of ether oxygens (including phenoxy) is 1. The molecule has 5 nitrogen and oxygen atoms in total. The first-order chi connectivity index (χ1) is 7.77. The minimum absolute atomic E-state index is 0.180. The number of aromatic nitrogens is 1. The van der Waals surface area contributed by atoms with E-state index in [1.807, 2.05) is 13.0 Å².